The van der Waals surface area contributed by atoms with Crippen LogP contribution in [0.3, 0.4) is 0 Å². The van der Waals surface area contributed by atoms with Crippen molar-refractivity contribution in [1.82, 2.24) is 5.73 Å². The van der Waals surface area contributed by atoms with Crippen molar-refractivity contribution in [3.05, 3.63) is 0 Å². The molecular formula is C6H12NO2. The number of ether oxygens (including phenoxy) is 1. The summed E-state index contributed by atoms with van der Waals surface area (Å²) in [5.41, 5.74) is 6.75. The van der Waals surface area contributed by atoms with Crippen LogP contribution in [0.5, 0.6) is 0 Å². The van der Waals surface area contributed by atoms with Gasteiger partial charge in [0, 0.05) is 13.5 Å². The van der Waals surface area contributed by atoms with Gasteiger partial charge in [-0.2, -0.15) is 0 Å². The molecule has 0 aliphatic rings. The molecule has 3 heteroatoms. The number of esters is 1. The van der Waals surface area contributed by atoms with Crippen LogP contribution in [0.25, 0.3) is 0 Å². The highest BCUT2D eigenvalue weighted by atomic mass is 16.5. The molecule has 53 valence electrons. The molecule has 0 spiro atoms. The van der Waals surface area contributed by atoms with E-state index in [9.17, 15) is 4.79 Å². The quantitative estimate of drug-likeness (QED) is 0.413. The molecule has 0 heterocycles. The first kappa shape index (κ1) is 8.43. The van der Waals surface area contributed by atoms with E-state index < -0.39 is 0 Å². The van der Waals surface area contributed by atoms with Crippen LogP contribution in [0, 0.1) is 0 Å². The van der Waals surface area contributed by atoms with Crippen LogP contribution in [0.1, 0.15) is 19.8 Å². The van der Waals surface area contributed by atoms with Crippen molar-refractivity contribution in [1.29, 1.82) is 0 Å². The summed E-state index contributed by atoms with van der Waals surface area (Å²) in [6.45, 7) is 2.27. The second kappa shape index (κ2) is 5.56. The Morgan fingerprint density at radius 2 is 2.22 bits per heavy atom. The lowest BCUT2D eigenvalue weighted by atomic mass is 10.3. The fourth-order valence-corrected chi connectivity index (χ4v) is 0.443. The summed E-state index contributed by atoms with van der Waals surface area (Å²) in [6.07, 6.45) is 1.62. The molecular weight excluding hydrogens is 118 g/mol. The number of carbonyl (C=O) groups excluding carboxylic acids is 1. The fraction of sp³-hybridized carbons (Fsp3) is 0.833. The van der Waals surface area contributed by atoms with Gasteiger partial charge in [-0.3, -0.25) is 10.5 Å². The van der Waals surface area contributed by atoms with E-state index in [0.29, 0.717) is 13.2 Å². The number of unbranched alkanes of at least 4 members (excludes halogenated alkanes) is 1. The van der Waals surface area contributed by atoms with Gasteiger partial charge in [0.25, 0.3) is 0 Å². The number of hydrogen-bond acceptors (Lipinski definition) is 2. The fourth-order valence-electron chi connectivity index (χ4n) is 0.443. The van der Waals surface area contributed by atoms with E-state index in [2.05, 4.69) is 4.74 Å². The zero-order chi connectivity index (χ0) is 7.11. The van der Waals surface area contributed by atoms with E-state index >= 15 is 0 Å². The Labute approximate surface area is 55.2 Å². The van der Waals surface area contributed by atoms with Crippen molar-refractivity contribution in [2.45, 2.75) is 19.8 Å². The monoisotopic (exact) mass is 130 g/mol. The molecule has 0 aliphatic carbocycles. The van der Waals surface area contributed by atoms with Crippen molar-refractivity contribution in [3.8, 4) is 0 Å². The first-order chi connectivity index (χ1) is 4.27. The topological polar surface area (TPSA) is 50.1 Å². The molecule has 1 N–H and O–H groups in total. The Morgan fingerprint density at radius 3 is 2.67 bits per heavy atom. The van der Waals surface area contributed by atoms with E-state index in [1.807, 2.05) is 0 Å². The highest BCUT2D eigenvalue weighted by molar-refractivity contribution is 5.65. The Morgan fingerprint density at radius 1 is 1.56 bits per heavy atom. The molecule has 0 bridgehead atoms. The maximum absolute atomic E-state index is 10.1. The molecule has 0 unspecified atom stereocenters. The van der Waals surface area contributed by atoms with Crippen LogP contribution in [0.2, 0.25) is 0 Å². The third-order valence-electron chi connectivity index (χ3n) is 0.876. The Hall–Kier alpha value is -0.570. The van der Waals surface area contributed by atoms with E-state index in [1.54, 1.807) is 0 Å². The van der Waals surface area contributed by atoms with Gasteiger partial charge >= 0.3 is 5.97 Å². The summed E-state index contributed by atoms with van der Waals surface area (Å²) in [5, 5.41) is 0. The van der Waals surface area contributed by atoms with Crippen LogP contribution in [-0.2, 0) is 9.53 Å². The minimum atomic E-state index is -0.236. The van der Waals surface area contributed by atoms with Crippen molar-refractivity contribution in [2.24, 2.45) is 0 Å². The first-order valence-electron chi connectivity index (χ1n) is 3.05. The molecule has 0 fully saturated rings. The highest BCUT2D eigenvalue weighted by Gasteiger charge is 1.90. The molecule has 0 aliphatic heterocycles. The summed E-state index contributed by atoms with van der Waals surface area (Å²) < 4.78 is 4.62. The molecule has 0 rings (SSSR count). The van der Waals surface area contributed by atoms with Gasteiger partial charge in [0.2, 0.25) is 0 Å². The zero-order valence-corrected chi connectivity index (χ0v) is 5.64. The van der Waals surface area contributed by atoms with Gasteiger partial charge in [-0.25, -0.2) is 0 Å². The van der Waals surface area contributed by atoms with E-state index in [0.717, 1.165) is 12.8 Å². The minimum Gasteiger partial charge on any atom is -0.466 e. The van der Waals surface area contributed by atoms with Crippen LogP contribution >= 0.6 is 0 Å². The van der Waals surface area contributed by atoms with Gasteiger partial charge in [-0.1, -0.05) is 0 Å². The van der Waals surface area contributed by atoms with Crippen molar-refractivity contribution >= 4 is 5.97 Å². The largest absolute Gasteiger partial charge is 0.466 e. The van der Waals surface area contributed by atoms with Crippen LogP contribution < -0.4 is 5.73 Å². The average Bonchev–Trinajstić information content (AvgIpc) is 1.80. The minimum absolute atomic E-state index is 0.236. The molecule has 0 aromatic rings. The smallest absolute Gasteiger partial charge is 0.302 e. The second-order valence-corrected chi connectivity index (χ2v) is 1.80. The summed E-state index contributed by atoms with van der Waals surface area (Å²) in [6, 6.07) is 0. The van der Waals surface area contributed by atoms with Gasteiger partial charge in [0.15, 0.2) is 0 Å². The number of carbonyl (C=O) groups is 1. The molecule has 0 saturated heterocycles. The maximum atomic E-state index is 10.1. The van der Waals surface area contributed by atoms with E-state index in [1.165, 1.54) is 6.92 Å². The molecule has 0 aromatic heterocycles. The van der Waals surface area contributed by atoms with E-state index in [4.69, 9.17) is 5.73 Å². The second-order valence-electron chi connectivity index (χ2n) is 1.80. The standard InChI is InChI=1S/C6H12NO2/c1-6(8)9-5-3-2-4-7/h7H,2-5H2,1H3. The Kier molecular flexibility index (Phi) is 5.21. The Balaban J connectivity index is 2.83. The molecule has 1 radical (unpaired) electrons. The summed E-state index contributed by atoms with van der Waals surface area (Å²) in [7, 11) is 0. The predicted molar refractivity (Wildman–Crippen MR) is 33.8 cm³/mol. The lowest BCUT2D eigenvalue weighted by Gasteiger charge is -1.97. The third kappa shape index (κ3) is 7.43. The Bertz CT molecular complexity index is 83.1. The first-order valence-corrected chi connectivity index (χ1v) is 3.05. The molecule has 9 heavy (non-hydrogen) atoms. The van der Waals surface area contributed by atoms with Gasteiger partial charge in [-0.05, 0) is 12.8 Å². The van der Waals surface area contributed by atoms with Crippen molar-refractivity contribution in [2.75, 3.05) is 13.2 Å². The van der Waals surface area contributed by atoms with Gasteiger partial charge < -0.3 is 4.74 Å². The van der Waals surface area contributed by atoms with E-state index in [-0.39, 0.29) is 5.97 Å². The highest BCUT2D eigenvalue weighted by Crippen LogP contribution is 1.87. The zero-order valence-electron chi connectivity index (χ0n) is 5.64. The lowest BCUT2D eigenvalue weighted by Crippen LogP contribution is -2.01. The van der Waals surface area contributed by atoms with Crippen LogP contribution in [0.4, 0.5) is 0 Å². The summed E-state index contributed by atoms with van der Waals surface area (Å²) in [5.74, 6) is -0.236. The summed E-state index contributed by atoms with van der Waals surface area (Å²) in [4.78, 5) is 10.1. The van der Waals surface area contributed by atoms with Crippen molar-refractivity contribution in [3.63, 3.8) is 0 Å². The van der Waals surface area contributed by atoms with Gasteiger partial charge in [0.05, 0.1) is 6.61 Å². The van der Waals surface area contributed by atoms with Crippen LogP contribution in [-0.4, -0.2) is 19.1 Å². The number of hydrogen-bond donors (Lipinski definition) is 0. The molecule has 0 aromatic carbocycles. The van der Waals surface area contributed by atoms with Crippen molar-refractivity contribution < 1.29 is 9.53 Å². The molecule has 0 atom stereocenters. The lowest BCUT2D eigenvalue weighted by molar-refractivity contribution is -0.141. The molecule has 3 nitrogen and oxygen atoms in total. The van der Waals surface area contributed by atoms with Gasteiger partial charge in [0.1, 0.15) is 0 Å². The summed E-state index contributed by atoms with van der Waals surface area (Å²) >= 11 is 0. The molecule has 0 saturated carbocycles. The SMILES string of the molecule is CC(=O)OCCCC[NH]. The third-order valence-corrected chi connectivity index (χ3v) is 0.876. The maximum Gasteiger partial charge on any atom is 0.302 e. The number of rotatable bonds is 4. The average molecular weight is 130 g/mol. The van der Waals surface area contributed by atoms with Gasteiger partial charge in [-0.15, -0.1) is 0 Å². The number of nitrogens with one attached hydrogen (secondary N) is 1. The molecule has 0 amide bonds. The van der Waals surface area contributed by atoms with Crippen LogP contribution in [0.15, 0.2) is 0 Å². The normalized spacial score (nSPS) is 9.11. The predicted octanol–water partition coefficient (Wildman–Crippen LogP) is 0.613.